The zero-order valence-corrected chi connectivity index (χ0v) is 19.5. The second-order valence-electron chi connectivity index (χ2n) is 7.71. The van der Waals surface area contributed by atoms with Gasteiger partial charge in [-0.1, -0.05) is 24.3 Å². The van der Waals surface area contributed by atoms with Crippen molar-refractivity contribution in [1.29, 1.82) is 0 Å². The minimum Gasteiger partial charge on any atom is -0.494 e. The first kappa shape index (κ1) is 22.5. The number of carbonyl (C=O) groups is 1. The van der Waals surface area contributed by atoms with Crippen molar-refractivity contribution in [2.75, 3.05) is 17.7 Å². The highest BCUT2D eigenvalue weighted by atomic mass is 16.5. The molecule has 0 aliphatic rings. The molecule has 0 radical (unpaired) electrons. The molecular weight excluding hydrogens is 460 g/mol. The van der Waals surface area contributed by atoms with Crippen LogP contribution in [0.2, 0.25) is 0 Å². The quantitative estimate of drug-likeness (QED) is 0.303. The number of methoxy groups -OCH3 is 1. The molecule has 5 rings (SSSR count). The Labute approximate surface area is 205 Å². The van der Waals surface area contributed by atoms with Gasteiger partial charge < -0.3 is 21.1 Å². The number of benzene rings is 2. The minimum atomic E-state index is -0.678. The summed E-state index contributed by atoms with van der Waals surface area (Å²) in [6.45, 7) is 0. The zero-order chi connectivity index (χ0) is 25.1. The molecule has 0 aliphatic heterocycles. The van der Waals surface area contributed by atoms with Crippen LogP contribution in [0.15, 0.2) is 73.4 Å². The van der Waals surface area contributed by atoms with E-state index in [1.165, 1.54) is 6.20 Å². The van der Waals surface area contributed by atoms with Gasteiger partial charge in [-0.3, -0.25) is 9.48 Å². The van der Waals surface area contributed by atoms with Crippen molar-refractivity contribution in [2.24, 2.45) is 12.8 Å². The number of primary amides is 1. The lowest BCUT2D eigenvalue weighted by molar-refractivity contribution is 0.100. The summed E-state index contributed by atoms with van der Waals surface area (Å²) in [5, 5.41) is 15.0. The number of para-hydroxylation sites is 2. The third-order valence-corrected chi connectivity index (χ3v) is 5.23. The van der Waals surface area contributed by atoms with Crippen molar-refractivity contribution in [3.05, 3.63) is 79.0 Å². The zero-order valence-electron chi connectivity index (χ0n) is 19.5. The van der Waals surface area contributed by atoms with Crippen LogP contribution in [0.1, 0.15) is 10.4 Å². The first-order chi connectivity index (χ1) is 17.5. The van der Waals surface area contributed by atoms with E-state index in [1.807, 2.05) is 42.5 Å². The van der Waals surface area contributed by atoms with Gasteiger partial charge in [0.1, 0.15) is 17.7 Å². The number of nitrogens with two attached hydrogens (primary N) is 1. The third kappa shape index (κ3) is 4.55. The van der Waals surface area contributed by atoms with Crippen LogP contribution in [-0.2, 0) is 7.05 Å². The normalized spacial score (nSPS) is 10.7. The second kappa shape index (κ2) is 9.54. The van der Waals surface area contributed by atoms with Gasteiger partial charge in [-0.2, -0.15) is 15.2 Å². The van der Waals surface area contributed by atoms with Gasteiger partial charge in [-0.15, -0.1) is 0 Å². The fraction of sp³-hybridized carbons (Fsp3) is 0.0833. The standard InChI is InChI=1S/C24H22N10O2/c1-33-14-27-22(32-33)17-9-6-10-19(20(17)36-2)30-23-18(21(25)35)12-26-24(31-23)29-15-11-28-34(13-15)16-7-4-3-5-8-16/h3-14H,1-2H3,(H2,25,35)(H2,26,29,30,31). The number of ether oxygens (including phenoxy) is 1. The summed E-state index contributed by atoms with van der Waals surface area (Å²) in [5.74, 6) is 0.754. The summed E-state index contributed by atoms with van der Waals surface area (Å²) < 4.78 is 8.97. The molecule has 0 fully saturated rings. The van der Waals surface area contributed by atoms with Crippen molar-refractivity contribution < 1.29 is 9.53 Å². The van der Waals surface area contributed by atoms with Gasteiger partial charge >= 0.3 is 0 Å². The number of carbonyl (C=O) groups excluding carboxylic acids is 1. The highest BCUT2D eigenvalue weighted by Gasteiger charge is 2.18. The molecule has 180 valence electrons. The van der Waals surface area contributed by atoms with Gasteiger partial charge in [-0.25, -0.2) is 14.6 Å². The third-order valence-electron chi connectivity index (χ3n) is 5.23. The van der Waals surface area contributed by atoms with E-state index in [4.69, 9.17) is 10.5 Å². The summed E-state index contributed by atoms with van der Waals surface area (Å²) in [7, 11) is 3.32. The van der Waals surface area contributed by atoms with Crippen LogP contribution in [0.3, 0.4) is 0 Å². The van der Waals surface area contributed by atoms with Gasteiger partial charge in [0, 0.05) is 13.2 Å². The summed E-state index contributed by atoms with van der Waals surface area (Å²) in [5.41, 5.74) is 8.49. The average molecular weight is 483 g/mol. The van der Waals surface area contributed by atoms with Crippen molar-refractivity contribution in [1.82, 2.24) is 34.5 Å². The van der Waals surface area contributed by atoms with E-state index < -0.39 is 5.91 Å². The van der Waals surface area contributed by atoms with Crippen molar-refractivity contribution in [3.63, 3.8) is 0 Å². The Kier molecular flexibility index (Phi) is 5.97. The maximum atomic E-state index is 12.1. The summed E-state index contributed by atoms with van der Waals surface area (Å²) in [4.78, 5) is 25.1. The first-order valence-corrected chi connectivity index (χ1v) is 10.9. The smallest absolute Gasteiger partial charge is 0.254 e. The molecule has 0 bridgehead atoms. The van der Waals surface area contributed by atoms with Gasteiger partial charge in [0.15, 0.2) is 11.6 Å². The maximum absolute atomic E-state index is 12.1. The van der Waals surface area contributed by atoms with E-state index in [1.54, 1.807) is 48.3 Å². The van der Waals surface area contributed by atoms with Crippen molar-refractivity contribution in [2.45, 2.75) is 0 Å². The fourth-order valence-corrected chi connectivity index (χ4v) is 3.58. The molecule has 0 unspecified atom stereocenters. The molecule has 5 aromatic rings. The average Bonchev–Trinajstić information content (AvgIpc) is 3.53. The number of anilines is 4. The van der Waals surface area contributed by atoms with E-state index in [2.05, 4.69) is 35.8 Å². The van der Waals surface area contributed by atoms with Gasteiger partial charge in [-0.05, 0) is 24.3 Å². The SMILES string of the molecule is COc1c(Nc2nc(Nc3cnn(-c4ccccc4)c3)ncc2C(N)=O)cccc1-c1ncn(C)n1. The van der Waals surface area contributed by atoms with Crippen LogP contribution >= 0.6 is 0 Å². The Morgan fingerprint density at radius 3 is 2.58 bits per heavy atom. The molecule has 12 heteroatoms. The Morgan fingerprint density at radius 2 is 1.86 bits per heavy atom. The first-order valence-electron chi connectivity index (χ1n) is 10.9. The monoisotopic (exact) mass is 482 g/mol. The highest BCUT2D eigenvalue weighted by Crippen LogP contribution is 2.36. The topological polar surface area (TPSA) is 151 Å². The number of hydrogen-bond acceptors (Lipinski definition) is 9. The number of amides is 1. The van der Waals surface area contributed by atoms with Crippen LogP contribution in [0, 0.1) is 0 Å². The second-order valence-corrected chi connectivity index (χ2v) is 7.71. The van der Waals surface area contributed by atoms with Crippen molar-refractivity contribution in [3.8, 4) is 22.8 Å². The molecular formula is C24H22N10O2. The number of aromatic nitrogens is 7. The summed E-state index contributed by atoms with van der Waals surface area (Å²) >= 11 is 0. The number of rotatable bonds is 8. The van der Waals surface area contributed by atoms with Gasteiger partial charge in [0.2, 0.25) is 5.95 Å². The van der Waals surface area contributed by atoms with Crippen LogP contribution in [0.4, 0.5) is 23.1 Å². The predicted octanol–water partition coefficient (Wildman–Crippen LogP) is 3.05. The number of nitrogens with zero attached hydrogens (tertiary/aromatic N) is 7. The van der Waals surface area contributed by atoms with Gasteiger partial charge in [0.05, 0.1) is 42.1 Å². The van der Waals surface area contributed by atoms with Crippen LogP contribution < -0.4 is 21.1 Å². The predicted molar refractivity (Wildman–Crippen MR) is 134 cm³/mol. The summed E-state index contributed by atoms with van der Waals surface area (Å²) in [6.07, 6.45) is 6.42. The fourth-order valence-electron chi connectivity index (χ4n) is 3.58. The van der Waals surface area contributed by atoms with E-state index in [0.29, 0.717) is 28.5 Å². The van der Waals surface area contributed by atoms with Crippen LogP contribution in [0.25, 0.3) is 17.1 Å². The molecule has 0 saturated carbocycles. The molecule has 0 saturated heterocycles. The molecule has 1 amide bonds. The Bertz CT molecular complexity index is 1530. The molecule has 3 aromatic heterocycles. The minimum absolute atomic E-state index is 0.115. The Balaban J connectivity index is 1.46. The number of nitrogens with one attached hydrogen (secondary N) is 2. The maximum Gasteiger partial charge on any atom is 0.254 e. The van der Waals surface area contributed by atoms with Crippen LogP contribution in [0.5, 0.6) is 5.75 Å². The summed E-state index contributed by atoms with van der Waals surface area (Å²) in [6, 6.07) is 15.1. The molecule has 0 atom stereocenters. The molecule has 36 heavy (non-hydrogen) atoms. The lowest BCUT2D eigenvalue weighted by Crippen LogP contribution is -2.16. The molecule has 0 spiro atoms. The van der Waals surface area contributed by atoms with E-state index in [0.717, 1.165) is 5.69 Å². The van der Waals surface area contributed by atoms with Gasteiger partial charge in [0.25, 0.3) is 5.91 Å². The van der Waals surface area contributed by atoms with E-state index in [-0.39, 0.29) is 17.3 Å². The van der Waals surface area contributed by atoms with Crippen LogP contribution in [-0.4, -0.2) is 47.5 Å². The molecule has 0 aliphatic carbocycles. The molecule has 3 heterocycles. The molecule has 12 nitrogen and oxygen atoms in total. The lowest BCUT2D eigenvalue weighted by atomic mass is 10.1. The largest absolute Gasteiger partial charge is 0.494 e. The molecule has 4 N–H and O–H groups in total. The number of hydrogen-bond donors (Lipinski definition) is 3. The lowest BCUT2D eigenvalue weighted by Gasteiger charge is -2.15. The Hall–Kier alpha value is -5.26. The highest BCUT2D eigenvalue weighted by molar-refractivity contribution is 5.98. The number of aryl methyl sites for hydroxylation is 1. The van der Waals surface area contributed by atoms with E-state index in [9.17, 15) is 4.79 Å². The Morgan fingerprint density at radius 1 is 1.03 bits per heavy atom. The molecule has 2 aromatic carbocycles. The van der Waals surface area contributed by atoms with E-state index >= 15 is 0 Å². The van der Waals surface area contributed by atoms with Crippen molar-refractivity contribution >= 4 is 29.0 Å².